The average Bonchev–Trinajstić information content (AvgIpc) is 2.46. The SMILES string of the molecule is C=CNNC(C)(C)NNC(C)(C)NC(CNC(C)C)CNC(C)C. The third kappa shape index (κ3) is 12.7. The van der Waals surface area contributed by atoms with Gasteiger partial charge in [0.2, 0.25) is 0 Å². The zero-order valence-corrected chi connectivity index (χ0v) is 16.9. The zero-order valence-electron chi connectivity index (χ0n) is 16.9. The van der Waals surface area contributed by atoms with Crippen LogP contribution in [-0.2, 0) is 0 Å². The topological polar surface area (TPSA) is 84.2 Å². The molecule has 24 heavy (non-hydrogen) atoms. The van der Waals surface area contributed by atoms with E-state index < -0.39 is 0 Å². The summed E-state index contributed by atoms with van der Waals surface area (Å²) in [5, 5.41) is 10.7. The van der Waals surface area contributed by atoms with E-state index in [9.17, 15) is 0 Å². The van der Waals surface area contributed by atoms with Crippen LogP contribution >= 0.6 is 0 Å². The van der Waals surface area contributed by atoms with Crippen LogP contribution in [0, 0.1) is 0 Å². The number of hydrazine groups is 2. The standard InChI is InChI=1S/C17H41N7/c1-10-20-22-17(8,9)24-23-16(6,7)21-15(11-18-13(2)3)12-19-14(4)5/h10,13-15,18-24H,1,11-12H2,2-9H3. The fourth-order valence-electron chi connectivity index (χ4n) is 2.05. The summed E-state index contributed by atoms with van der Waals surface area (Å²) in [6, 6.07) is 1.24. The van der Waals surface area contributed by atoms with Gasteiger partial charge in [-0.15, -0.1) is 0 Å². The molecule has 0 saturated carbocycles. The van der Waals surface area contributed by atoms with Crippen molar-refractivity contribution in [3.8, 4) is 0 Å². The van der Waals surface area contributed by atoms with Gasteiger partial charge in [-0.05, 0) is 27.7 Å². The quantitative estimate of drug-likeness (QED) is 0.185. The molecule has 0 spiro atoms. The molecule has 0 saturated heterocycles. The third-order valence-electron chi connectivity index (χ3n) is 3.28. The van der Waals surface area contributed by atoms with Gasteiger partial charge in [0, 0.05) is 37.4 Å². The lowest BCUT2D eigenvalue weighted by Crippen LogP contribution is -2.69. The third-order valence-corrected chi connectivity index (χ3v) is 3.28. The molecule has 7 heteroatoms. The van der Waals surface area contributed by atoms with E-state index in [0.717, 1.165) is 13.1 Å². The molecule has 144 valence electrons. The Labute approximate surface area is 149 Å². The Morgan fingerprint density at radius 2 is 1.25 bits per heavy atom. The minimum Gasteiger partial charge on any atom is -0.328 e. The van der Waals surface area contributed by atoms with Gasteiger partial charge in [-0.3, -0.25) is 5.32 Å². The Morgan fingerprint density at radius 1 is 0.792 bits per heavy atom. The van der Waals surface area contributed by atoms with Crippen molar-refractivity contribution in [3.63, 3.8) is 0 Å². The summed E-state index contributed by atoms with van der Waals surface area (Å²) in [5.74, 6) is 0. The second-order valence-corrected chi connectivity index (χ2v) is 7.94. The lowest BCUT2D eigenvalue weighted by molar-refractivity contribution is 0.164. The lowest BCUT2D eigenvalue weighted by Gasteiger charge is -2.38. The first-order valence-corrected chi connectivity index (χ1v) is 8.90. The molecule has 0 radical (unpaired) electrons. The van der Waals surface area contributed by atoms with Crippen molar-refractivity contribution < 1.29 is 0 Å². The van der Waals surface area contributed by atoms with E-state index in [1.807, 2.05) is 13.8 Å². The molecule has 0 unspecified atom stereocenters. The van der Waals surface area contributed by atoms with Crippen molar-refractivity contribution >= 4 is 0 Å². The molecule has 0 heterocycles. The first-order chi connectivity index (χ1) is 11.0. The van der Waals surface area contributed by atoms with E-state index in [1.54, 1.807) is 6.20 Å². The highest BCUT2D eigenvalue weighted by molar-refractivity contribution is 4.84. The van der Waals surface area contributed by atoms with Crippen LogP contribution in [0.1, 0.15) is 55.4 Å². The maximum Gasteiger partial charge on any atom is 0.0930 e. The van der Waals surface area contributed by atoms with Crippen molar-refractivity contribution in [1.29, 1.82) is 0 Å². The highest BCUT2D eigenvalue weighted by atomic mass is 15.6. The van der Waals surface area contributed by atoms with E-state index in [2.05, 4.69) is 85.8 Å². The Balaban J connectivity index is 4.55. The van der Waals surface area contributed by atoms with Gasteiger partial charge in [-0.25, -0.2) is 16.3 Å². The van der Waals surface area contributed by atoms with Gasteiger partial charge in [0.05, 0.1) is 11.3 Å². The van der Waals surface area contributed by atoms with E-state index in [1.165, 1.54) is 0 Å². The van der Waals surface area contributed by atoms with Crippen LogP contribution in [0.2, 0.25) is 0 Å². The van der Waals surface area contributed by atoms with Crippen molar-refractivity contribution in [2.45, 2.75) is 84.8 Å². The molecule has 0 fully saturated rings. The second-order valence-electron chi connectivity index (χ2n) is 7.94. The summed E-state index contributed by atoms with van der Waals surface area (Å²) in [6.45, 7) is 22.4. The Morgan fingerprint density at radius 3 is 1.67 bits per heavy atom. The molecule has 0 aromatic heterocycles. The molecule has 0 aromatic carbocycles. The van der Waals surface area contributed by atoms with Crippen molar-refractivity contribution in [2.75, 3.05) is 13.1 Å². The number of rotatable bonds is 14. The Kier molecular flexibility index (Phi) is 10.7. The van der Waals surface area contributed by atoms with Gasteiger partial charge in [0.15, 0.2) is 0 Å². The molecule has 0 aliphatic carbocycles. The van der Waals surface area contributed by atoms with E-state index in [4.69, 9.17) is 0 Å². The Hall–Kier alpha value is -0.700. The van der Waals surface area contributed by atoms with Gasteiger partial charge in [0.1, 0.15) is 0 Å². The lowest BCUT2D eigenvalue weighted by atomic mass is 10.1. The molecule has 0 amide bonds. The van der Waals surface area contributed by atoms with Gasteiger partial charge >= 0.3 is 0 Å². The molecular weight excluding hydrogens is 302 g/mol. The predicted octanol–water partition coefficient (Wildman–Crippen LogP) is 0.745. The normalized spacial score (nSPS) is 13.1. The van der Waals surface area contributed by atoms with Crippen LogP contribution in [0.15, 0.2) is 12.8 Å². The monoisotopic (exact) mass is 343 g/mol. The summed E-state index contributed by atoms with van der Waals surface area (Å²) >= 11 is 0. The van der Waals surface area contributed by atoms with E-state index >= 15 is 0 Å². The fourth-order valence-corrected chi connectivity index (χ4v) is 2.05. The van der Waals surface area contributed by atoms with E-state index in [-0.39, 0.29) is 11.3 Å². The smallest absolute Gasteiger partial charge is 0.0930 e. The second kappa shape index (κ2) is 11.0. The first-order valence-electron chi connectivity index (χ1n) is 8.90. The zero-order chi connectivity index (χ0) is 18.8. The molecule has 7 N–H and O–H groups in total. The van der Waals surface area contributed by atoms with E-state index in [0.29, 0.717) is 18.1 Å². The summed E-state index contributed by atoms with van der Waals surface area (Å²) < 4.78 is 0. The van der Waals surface area contributed by atoms with Crippen molar-refractivity contribution in [2.24, 2.45) is 0 Å². The molecule has 0 atom stereocenters. The van der Waals surface area contributed by atoms with Gasteiger partial charge in [0.25, 0.3) is 0 Å². The number of hydrogen-bond donors (Lipinski definition) is 7. The largest absolute Gasteiger partial charge is 0.328 e. The summed E-state index contributed by atoms with van der Waals surface area (Å²) in [5.41, 5.74) is 12.1. The molecule has 7 nitrogen and oxygen atoms in total. The van der Waals surface area contributed by atoms with Crippen LogP contribution < -0.4 is 37.7 Å². The van der Waals surface area contributed by atoms with Crippen molar-refractivity contribution in [1.82, 2.24) is 37.7 Å². The molecule has 0 aliphatic heterocycles. The van der Waals surface area contributed by atoms with Gasteiger partial charge in [-0.2, -0.15) is 0 Å². The highest BCUT2D eigenvalue weighted by Crippen LogP contribution is 2.01. The summed E-state index contributed by atoms with van der Waals surface area (Å²) in [7, 11) is 0. The molecule has 0 aliphatic rings. The minimum atomic E-state index is -0.338. The highest BCUT2D eigenvalue weighted by Gasteiger charge is 2.25. The Bertz CT molecular complexity index is 328. The first kappa shape index (κ1) is 23.3. The maximum absolute atomic E-state index is 3.67. The summed E-state index contributed by atoms with van der Waals surface area (Å²) in [4.78, 5) is 0. The van der Waals surface area contributed by atoms with Gasteiger partial charge < -0.3 is 16.1 Å². The van der Waals surface area contributed by atoms with Crippen molar-refractivity contribution in [3.05, 3.63) is 12.8 Å². The van der Waals surface area contributed by atoms with Gasteiger partial charge in [-0.1, -0.05) is 34.3 Å². The predicted molar refractivity (Wildman–Crippen MR) is 104 cm³/mol. The van der Waals surface area contributed by atoms with Crippen LogP contribution in [0.3, 0.4) is 0 Å². The average molecular weight is 344 g/mol. The van der Waals surface area contributed by atoms with Crippen LogP contribution in [0.5, 0.6) is 0 Å². The molecule has 0 rings (SSSR count). The minimum absolute atomic E-state index is 0.283. The van der Waals surface area contributed by atoms with Crippen LogP contribution in [-0.4, -0.2) is 42.5 Å². The molecule has 0 bridgehead atoms. The van der Waals surface area contributed by atoms with Crippen LogP contribution in [0.25, 0.3) is 0 Å². The molecule has 0 aromatic rings. The molecular formula is C17H41N7. The van der Waals surface area contributed by atoms with Crippen LogP contribution in [0.4, 0.5) is 0 Å². The number of hydrogen-bond acceptors (Lipinski definition) is 7. The fraction of sp³-hybridized carbons (Fsp3) is 0.882. The summed E-state index contributed by atoms with van der Waals surface area (Å²) in [6.07, 6.45) is 1.61. The number of nitrogens with one attached hydrogen (secondary N) is 7. The maximum atomic E-state index is 3.67.